The van der Waals surface area contributed by atoms with Crippen LogP contribution in [-0.2, 0) is 9.47 Å². The molecule has 1 aliphatic heterocycles. The predicted molar refractivity (Wildman–Crippen MR) is 67.6 cm³/mol. The topological polar surface area (TPSA) is 18.5 Å². The van der Waals surface area contributed by atoms with Gasteiger partial charge in [-0.05, 0) is 25.2 Å². The minimum Gasteiger partial charge on any atom is -0.382 e. The summed E-state index contributed by atoms with van der Waals surface area (Å²) in [7, 11) is 1.79. The van der Waals surface area contributed by atoms with Crippen molar-refractivity contribution in [1.29, 1.82) is 0 Å². The lowest BCUT2D eigenvalue weighted by Crippen LogP contribution is -2.50. The van der Waals surface area contributed by atoms with Crippen LogP contribution in [0, 0.1) is 10.8 Å². The Balaban J connectivity index is 2.21. The van der Waals surface area contributed by atoms with Crippen molar-refractivity contribution in [2.24, 2.45) is 10.8 Å². The van der Waals surface area contributed by atoms with Crippen molar-refractivity contribution in [3.8, 4) is 0 Å². The Kier molecular flexibility index (Phi) is 4.81. The van der Waals surface area contributed by atoms with E-state index >= 15 is 0 Å². The zero-order chi connectivity index (χ0) is 12.2. The molecule has 1 fully saturated rings. The fourth-order valence-corrected chi connectivity index (χ4v) is 2.22. The monoisotopic (exact) mass is 228 g/mol. The molecule has 0 radical (unpaired) electrons. The Hall–Kier alpha value is -0.0800. The summed E-state index contributed by atoms with van der Waals surface area (Å²) in [6.07, 6.45) is 5.46. The summed E-state index contributed by atoms with van der Waals surface area (Å²) in [6.45, 7) is 11.1. The van der Waals surface area contributed by atoms with E-state index in [1.165, 1.54) is 25.7 Å². The molecule has 0 saturated carbocycles. The molecule has 0 bridgehead atoms. The first-order valence-electron chi connectivity index (χ1n) is 6.52. The molecule has 0 spiro atoms. The van der Waals surface area contributed by atoms with E-state index < -0.39 is 0 Å². The normalized spacial score (nSPS) is 21.6. The summed E-state index contributed by atoms with van der Waals surface area (Å²) in [5.41, 5.74) is 0.807. The predicted octanol–water partition coefficient (Wildman–Crippen LogP) is 3.64. The third kappa shape index (κ3) is 3.21. The molecule has 1 unspecified atom stereocenters. The summed E-state index contributed by atoms with van der Waals surface area (Å²) in [5.74, 6) is 0. The minimum absolute atomic E-state index is 0.403. The van der Waals surface area contributed by atoms with E-state index in [0.717, 1.165) is 13.2 Å². The van der Waals surface area contributed by atoms with Gasteiger partial charge >= 0.3 is 0 Å². The van der Waals surface area contributed by atoms with E-state index in [4.69, 9.17) is 9.47 Å². The van der Waals surface area contributed by atoms with Crippen LogP contribution in [0.5, 0.6) is 0 Å². The Bertz CT molecular complexity index is 207. The average molecular weight is 228 g/mol. The molecule has 1 heterocycles. The third-order valence-electron chi connectivity index (χ3n) is 4.54. The van der Waals surface area contributed by atoms with Crippen molar-refractivity contribution < 1.29 is 9.47 Å². The third-order valence-corrected chi connectivity index (χ3v) is 4.54. The summed E-state index contributed by atoms with van der Waals surface area (Å²) in [4.78, 5) is 0. The maximum atomic E-state index is 5.37. The molecule has 1 rings (SSSR count). The van der Waals surface area contributed by atoms with Gasteiger partial charge in [-0.3, -0.25) is 0 Å². The summed E-state index contributed by atoms with van der Waals surface area (Å²) >= 11 is 0. The number of hydrogen-bond acceptors (Lipinski definition) is 2. The van der Waals surface area contributed by atoms with Crippen LogP contribution < -0.4 is 0 Å². The Morgan fingerprint density at radius 3 is 2.38 bits per heavy atom. The second-order valence-corrected chi connectivity index (χ2v) is 6.23. The molecule has 0 aromatic rings. The molecule has 2 nitrogen and oxygen atoms in total. The molecule has 0 aromatic heterocycles. The molecule has 1 saturated heterocycles. The second-order valence-electron chi connectivity index (χ2n) is 6.23. The number of unbranched alkanes of at least 4 members (excludes halogenated alkanes) is 1. The van der Waals surface area contributed by atoms with Crippen LogP contribution in [0.2, 0.25) is 0 Å². The average Bonchev–Trinajstić information content (AvgIpc) is 2.20. The van der Waals surface area contributed by atoms with E-state index in [2.05, 4.69) is 27.7 Å². The van der Waals surface area contributed by atoms with E-state index in [9.17, 15) is 0 Å². The fourth-order valence-electron chi connectivity index (χ4n) is 2.22. The molecule has 0 aliphatic carbocycles. The van der Waals surface area contributed by atoms with Gasteiger partial charge in [-0.15, -0.1) is 0 Å². The molecule has 1 atom stereocenters. The minimum atomic E-state index is 0.403. The van der Waals surface area contributed by atoms with E-state index in [0.29, 0.717) is 16.9 Å². The van der Waals surface area contributed by atoms with Gasteiger partial charge in [-0.25, -0.2) is 0 Å². The van der Waals surface area contributed by atoms with Gasteiger partial charge in [0.1, 0.15) is 0 Å². The van der Waals surface area contributed by atoms with E-state index in [1.54, 1.807) is 7.11 Å². The van der Waals surface area contributed by atoms with Gasteiger partial charge < -0.3 is 9.47 Å². The van der Waals surface area contributed by atoms with Crippen LogP contribution in [-0.4, -0.2) is 26.4 Å². The van der Waals surface area contributed by atoms with Crippen LogP contribution in [0.15, 0.2) is 0 Å². The van der Waals surface area contributed by atoms with Crippen LogP contribution in [0.3, 0.4) is 0 Å². The van der Waals surface area contributed by atoms with Crippen molar-refractivity contribution in [1.82, 2.24) is 0 Å². The largest absolute Gasteiger partial charge is 0.382 e. The van der Waals surface area contributed by atoms with Crippen molar-refractivity contribution >= 4 is 0 Å². The SMILES string of the molecule is COC(C)CCCCC(C)(C)C1(C)COC1. The standard InChI is InChI=1S/C14H28O2/c1-12(15-5)8-6-7-9-13(2,3)14(4)10-16-11-14/h12H,6-11H2,1-5H3. The molecule has 1 aliphatic rings. The molecule has 0 amide bonds. The summed E-state index contributed by atoms with van der Waals surface area (Å²) in [5, 5.41) is 0. The first-order chi connectivity index (χ1) is 7.41. The van der Waals surface area contributed by atoms with Gasteiger partial charge in [0.15, 0.2) is 0 Å². The maximum Gasteiger partial charge on any atom is 0.0547 e. The first kappa shape index (κ1) is 14.0. The smallest absolute Gasteiger partial charge is 0.0547 e. The first-order valence-corrected chi connectivity index (χ1v) is 6.52. The van der Waals surface area contributed by atoms with Gasteiger partial charge in [0, 0.05) is 12.5 Å². The van der Waals surface area contributed by atoms with Gasteiger partial charge in [0.25, 0.3) is 0 Å². The highest BCUT2D eigenvalue weighted by molar-refractivity contribution is 4.93. The number of rotatable bonds is 7. The molecule has 16 heavy (non-hydrogen) atoms. The number of methoxy groups -OCH3 is 1. The summed E-state index contributed by atoms with van der Waals surface area (Å²) < 4.78 is 10.6. The molecular formula is C14H28O2. The van der Waals surface area contributed by atoms with Crippen molar-refractivity contribution in [2.45, 2.75) is 59.5 Å². The molecular weight excluding hydrogens is 200 g/mol. The van der Waals surface area contributed by atoms with Crippen LogP contribution >= 0.6 is 0 Å². The Morgan fingerprint density at radius 2 is 1.94 bits per heavy atom. The van der Waals surface area contributed by atoms with E-state index in [-0.39, 0.29) is 0 Å². The highest BCUT2D eigenvalue weighted by Crippen LogP contribution is 2.47. The number of ether oxygens (including phenoxy) is 2. The zero-order valence-electron chi connectivity index (χ0n) is 11.6. The Morgan fingerprint density at radius 1 is 1.31 bits per heavy atom. The molecule has 0 N–H and O–H groups in total. The molecule has 0 aromatic carbocycles. The fraction of sp³-hybridized carbons (Fsp3) is 1.00. The lowest BCUT2D eigenvalue weighted by atomic mass is 9.63. The second kappa shape index (κ2) is 5.50. The van der Waals surface area contributed by atoms with Crippen molar-refractivity contribution in [3.63, 3.8) is 0 Å². The zero-order valence-corrected chi connectivity index (χ0v) is 11.6. The van der Waals surface area contributed by atoms with Gasteiger partial charge in [0.2, 0.25) is 0 Å². The quantitative estimate of drug-likeness (QED) is 0.619. The van der Waals surface area contributed by atoms with Gasteiger partial charge in [-0.2, -0.15) is 0 Å². The van der Waals surface area contributed by atoms with E-state index in [1.807, 2.05) is 0 Å². The lowest BCUT2D eigenvalue weighted by molar-refractivity contribution is -0.166. The van der Waals surface area contributed by atoms with Crippen LogP contribution in [0.4, 0.5) is 0 Å². The molecule has 2 heteroatoms. The van der Waals surface area contributed by atoms with Crippen molar-refractivity contribution in [3.05, 3.63) is 0 Å². The molecule has 96 valence electrons. The summed E-state index contributed by atoms with van der Waals surface area (Å²) in [6, 6.07) is 0. The van der Waals surface area contributed by atoms with Crippen LogP contribution in [0.1, 0.15) is 53.4 Å². The Labute approximate surface area is 101 Å². The van der Waals surface area contributed by atoms with Gasteiger partial charge in [0.05, 0.1) is 19.3 Å². The van der Waals surface area contributed by atoms with Gasteiger partial charge in [-0.1, -0.05) is 33.6 Å². The van der Waals surface area contributed by atoms with Crippen LogP contribution in [0.25, 0.3) is 0 Å². The number of hydrogen-bond donors (Lipinski definition) is 0. The van der Waals surface area contributed by atoms with Crippen molar-refractivity contribution in [2.75, 3.05) is 20.3 Å². The highest BCUT2D eigenvalue weighted by atomic mass is 16.5. The lowest BCUT2D eigenvalue weighted by Gasteiger charge is -2.50. The maximum absolute atomic E-state index is 5.37. The highest BCUT2D eigenvalue weighted by Gasteiger charge is 2.46.